The summed E-state index contributed by atoms with van der Waals surface area (Å²) in [5.74, 6) is -1.00. The van der Waals surface area contributed by atoms with Gasteiger partial charge in [0.25, 0.3) is 0 Å². The lowest BCUT2D eigenvalue weighted by molar-refractivity contribution is -0.139. The lowest BCUT2D eigenvalue weighted by atomic mass is 9.98. The Balaban J connectivity index is 1.09. The maximum Gasteiger partial charge on any atom is 0.407 e. The van der Waals surface area contributed by atoms with E-state index in [9.17, 15) is 14.4 Å². The zero-order chi connectivity index (χ0) is 23.2. The fraction of sp³-hybridized carbons (Fsp3) is 0.423. The second-order valence-corrected chi connectivity index (χ2v) is 8.81. The minimum atomic E-state index is -0.779. The van der Waals surface area contributed by atoms with Crippen molar-refractivity contribution >= 4 is 18.0 Å². The molecule has 1 fully saturated rings. The first-order chi connectivity index (χ1) is 16.0. The maximum atomic E-state index is 12.2. The quantitative estimate of drug-likeness (QED) is 0.450. The summed E-state index contributed by atoms with van der Waals surface area (Å²) in [6.45, 7) is 1.24. The maximum absolute atomic E-state index is 12.2. The molecule has 1 saturated carbocycles. The molecule has 0 aromatic heterocycles. The van der Waals surface area contributed by atoms with Gasteiger partial charge in [0.1, 0.15) is 6.61 Å². The summed E-state index contributed by atoms with van der Waals surface area (Å²) in [5.41, 5.74) is 4.77. The Morgan fingerprint density at radius 3 is 2.21 bits per heavy atom. The van der Waals surface area contributed by atoms with Gasteiger partial charge in [0.05, 0.1) is 5.92 Å². The van der Waals surface area contributed by atoms with Crippen LogP contribution in [0, 0.1) is 11.8 Å². The van der Waals surface area contributed by atoms with Crippen LogP contribution in [0.15, 0.2) is 48.5 Å². The molecule has 0 bridgehead atoms. The van der Waals surface area contributed by atoms with Crippen LogP contribution in [-0.2, 0) is 14.3 Å². The average molecular weight is 451 g/mol. The van der Waals surface area contributed by atoms with E-state index < -0.39 is 12.1 Å². The van der Waals surface area contributed by atoms with E-state index in [-0.39, 0.29) is 23.7 Å². The minimum Gasteiger partial charge on any atom is -0.481 e. The SMILES string of the molecule is O=C(CCCCCNC(=O)OCC1c2ccccc2-c2ccccc21)NC[C@@H]1C[C@@H]1C(=O)O. The van der Waals surface area contributed by atoms with Crippen molar-refractivity contribution in [3.8, 4) is 11.1 Å². The molecule has 33 heavy (non-hydrogen) atoms. The molecule has 2 aliphatic carbocycles. The van der Waals surface area contributed by atoms with Gasteiger partial charge in [-0.15, -0.1) is 0 Å². The first kappa shape index (κ1) is 22.8. The van der Waals surface area contributed by atoms with Crippen molar-refractivity contribution in [1.82, 2.24) is 10.6 Å². The highest BCUT2D eigenvalue weighted by atomic mass is 16.5. The third-order valence-corrected chi connectivity index (χ3v) is 6.49. The first-order valence-electron chi connectivity index (χ1n) is 11.6. The third kappa shape index (κ3) is 5.72. The summed E-state index contributed by atoms with van der Waals surface area (Å²) in [7, 11) is 0. The van der Waals surface area contributed by atoms with E-state index in [4.69, 9.17) is 9.84 Å². The van der Waals surface area contributed by atoms with Gasteiger partial charge in [-0.2, -0.15) is 0 Å². The Labute approximate surface area is 193 Å². The molecule has 2 amide bonds. The van der Waals surface area contributed by atoms with Gasteiger partial charge in [0.15, 0.2) is 0 Å². The Kier molecular flexibility index (Phi) is 7.27. The zero-order valence-electron chi connectivity index (χ0n) is 18.6. The number of ether oxygens (including phenoxy) is 1. The summed E-state index contributed by atoms with van der Waals surface area (Å²) >= 11 is 0. The molecule has 0 unspecified atom stereocenters. The van der Waals surface area contributed by atoms with Gasteiger partial charge in [-0.1, -0.05) is 55.0 Å². The smallest absolute Gasteiger partial charge is 0.407 e. The van der Waals surface area contributed by atoms with Gasteiger partial charge in [0.2, 0.25) is 5.91 Å². The molecule has 7 heteroatoms. The van der Waals surface area contributed by atoms with Crippen LogP contribution in [-0.4, -0.2) is 42.8 Å². The van der Waals surface area contributed by atoms with Crippen molar-refractivity contribution in [3.05, 3.63) is 59.7 Å². The third-order valence-electron chi connectivity index (χ3n) is 6.49. The van der Waals surface area contributed by atoms with Gasteiger partial charge in [-0.25, -0.2) is 4.79 Å². The Morgan fingerprint density at radius 1 is 0.909 bits per heavy atom. The Hall–Kier alpha value is -3.35. The normalized spacial score (nSPS) is 18.2. The minimum absolute atomic E-state index is 0.0445. The van der Waals surface area contributed by atoms with Gasteiger partial charge < -0.3 is 20.5 Å². The summed E-state index contributed by atoms with van der Waals surface area (Å²) in [6.07, 6.45) is 2.95. The van der Waals surface area contributed by atoms with Crippen molar-refractivity contribution in [3.63, 3.8) is 0 Å². The van der Waals surface area contributed by atoms with Gasteiger partial charge >= 0.3 is 12.1 Å². The van der Waals surface area contributed by atoms with Crippen LogP contribution in [0.4, 0.5) is 4.79 Å². The van der Waals surface area contributed by atoms with Gasteiger partial charge in [-0.05, 0) is 47.4 Å². The second-order valence-electron chi connectivity index (χ2n) is 8.81. The number of nitrogens with one attached hydrogen (secondary N) is 2. The predicted molar refractivity (Wildman–Crippen MR) is 124 cm³/mol. The van der Waals surface area contributed by atoms with Crippen LogP contribution in [0.3, 0.4) is 0 Å². The predicted octanol–water partition coefficient (Wildman–Crippen LogP) is 3.92. The highest BCUT2D eigenvalue weighted by molar-refractivity contribution is 5.79. The summed E-state index contributed by atoms with van der Waals surface area (Å²) in [5, 5.41) is 14.5. The van der Waals surface area contributed by atoms with E-state index in [2.05, 4.69) is 34.9 Å². The fourth-order valence-electron chi connectivity index (χ4n) is 4.54. The monoisotopic (exact) mass is 450 g/mol. The van der Waals surface area contributed by atoms with Crippen molar-refractivity contribution in [1.29, 1.82) is 0 Å². The second kappa shape index (κ2) is 10.5. The van der Waals surface area contributed by atoms with Crippen LogP contribution in [0.25, 0.3) is 11.1 Å². The molecule has 0 radical (unpaired) electrons. The molecule has 174 valence electrons. The summed E-state index contributed by atoms with van der Waals surface area (Å²) in [6, 6.07) is 16.5. The number of carbonyl (C=O) groups is 3. The largest absolute Gasteiger partial charge is 0.481 e. The Bertz CT molecular complexity index is 976. The molecule has 2 aromatic rings. The van der Waals surface area contributed by atoms with E-state index in [0.717, 1.165) is 19.3 Å². The number of alkyl carbamates (subject to hydrolysis) is 1. The number of unbranched alkanes of at least 4 members (excludes halogenated alkanes) is 2. The van der Waals surface area contributed by atoms with Crippen molar-refractivity contribution in [2.75, 3.05) is 19.7 Å². The van der Waals surface area contributed by atoms with Crippen LogP contribution < -0.4 is 10.6 Å². The number of aliphatic carboxylic acids is 1. The molecule has 2 atom stereocenters. The number of carboxylic acid groups (broad SMARTS) is 1. The number of rotatable bonds is 11. The van der Waals surface area contributed by atoms with Gasteiger partial charge in [-0.3, -0.25) is 9.59 Å². The van der Waals surface area contributed by atoms with Crippen LogP contribution in [0.1, 0.15) is 49.1 Å². The van der Waals surface area contributed by atoms with E-state index in [1.807, 2.05) is 24.3 Å². The lowest BCUT2D eigenvalue weighted by Crippen LogP contribution is -2.27. The van der Waals surface area contributed by atoms with Gasteiger partial charge in [0, 0.05) is 25.4 Å². The number of amides is 2. The highest BCUT2D eigenvalue weighted by Crippen LogP contribution is 2.44. The number of benzene rings is 2. The molecule has 2 aromatic carbocycles. The molecule has 0 saturated heterocycles. The molecule has 0 spiro atoms. The summed E-state index contributed by atoms with van der Waals surface area (Å²) in [4.78, 5) is 34.8. The fourth-order valence-corrected chi connectivity index (χ4v) is 4.54. The average Bonchev–Trinajstić information content (AvgIpc) is 3.54. The van der Waals surface area contributed by atoms with Crippen molar-refractivity contribution < 1.29 is 24.2 Å². The molecule has 4 rings (SSSR count). The van der Waals surface area contributed by atoms with Crippen LogP contribution in [0.2, 0.25) is 0 Å². The van der Waals surface area contributed by atoms with E-state index >= 15 is 0 Å². The van der Waals surface area contributed by atoms with Crippen LogP contribution >= 0.6 is 0 Å². The molecule has 3 N–H and O–H groups in total. The number of carboxylic acids is 1. The number of fused-ring (bicyclic) bond motifs is 3. The van der Waals surface area contributed by atoms with Crippen molar-refractivity contribution in [2.45, 2.75) is 38.0 Å². The molecule has 0 heterocycles. The molecule has 7 nitrogen and oxygen atoms in total. The van der Waals surface area contributed by atoms with E-state index in [1.165, 1.54) is 22.3 Å². The topological polar surface area (TPSA) is 105 Å². The highest BCUT2D eigenvalue weighted by Gasteiger charge is 2.42. The first-order valence-corrected chi connectivity index (χ1v) is 11.6. The zero-order valence-corrected chi connectivity index (χ0v) is 18.6. The lowest BCUT2D eigenvalue weighted by Gasteiger charge is -2.14. The molecular weight excluding hydrogens is 420 g/mol. The van der Waals surface area contributed by atoms with E-state index in [0.29, 0.717) is 32.5 Å². The molecule has 2 aliphatic rings. The van der Waals surface area contributed by atoms with Crippen LogP contribution in [0.5, 0.6) is 0 Å². The van der Waals surface area contributed by atoms with E-state index in [1.54, 1.807) is 0 Å². The number of hydrogen-bond acceptors (Lipinski definition) is 4. The summed E-state index contributed by atoms with van der Waals surface area (Å²) < 4.78 is 5.51. The molecular formula is C26H30N2O5. The standard InChI is InChI=1S/C26H30N2O5/c29-24(28-15-17-14-22(17)25(30)31)12-2-1-7-13-27-26(32)33-16-23-20-10-5-3-8-18(20)19-9-4-6-11-21(19)23/h3-6,8-11,17,22-23H,1-2,7,12-16H2,(H,27,32)(H,28,29)(H,30,31)/t17-,22-/m0/s1. The molecule has 0 aliphatic heterocycles. The number of hydrogen-bond donors (Lipinski definition) is 3. The van der Waals surface area contributed by atoms with Crippen molar-refractivity contribution in [2.24, 2.45) is 11.8 Å². The Morgan fingerprint density at radius 2 is 1.58 bits per heavy atom. The number of carbonyl (C=O) groups excluding carboxylic acids is 2.